The molecule has 0 radical (unpaired) electrons. The molecule has 126 valence electrons. The number of carbonyl (C=O) groups excluding carboxylic acids is 1. The van der Waals surface area contributed by atoms with Crippen LogP contribution in [0.25, 0.3) is 0 Å². The largest absolute Gasteiger partial charge is 0.495 e. The SMILES string of the molecule is COc1cc(/C=N\NC(=O)COc2ccc(Cl)cc2Br)ccc1Cl. The molecule has 1 amide bonds. The van der Waals surface area contributed by atoms with Crippen LogP contribution in [0.3, 0.4) is 0 Å². The van der Waals surface area contributed by atoms with Crippen molar-refractivity contribution in [1.82, 2.24) is 5.43 Å². The molecule has 0 unspecified atom stereocenters. The van der Waals surface area contributed by atoms with Crippen LogP contribution < -0.4 is 14.9 Å². The van der Waals surface area contributed by atoms with E-state index in [4.69, 9.17) is 32.7 Å². The third kappa shape index (κ3) is 5.40. The molecule has 0 aliphatic heterocycles. The van der Waals surface area contributed by atoms with Gasteiger partial charge < -0.3 is 9.47 Å². The lowest BCUT2D eigenvalue weighted by Crippen LogP contribution is -2.24. The first-order valence-electron chi connectivity index (χ1n) is 6.73. The number of methoxy groups -OCH3 is 1. The Hall–Kier alpha value is -1.76. The van der Waals surface area contributed by atoms with Crippen molar-refractivity contribution < 1.29 is 14.3 Å². The maximum absolute atomic E-state index is 11.7. The van der Waals surface area contributed by atoms with Crippen molar-refractivity contribution in [2.24, 2.45) is 5.10 Å². The molecule has 0 heterocycles. The van der Waals surface area contributed by atoms with Gasteiger partial charge in [0, 0.05) is 5.02 Å². The maximum Gasteiger partial charge on any atom is 0.277 e. The van der Waals surface area contributed by atoms with Gasteiger partial charge in [-0.3, -0.25) is 4.79 Å². The van der Waals surface area contributed by atoms with Crippen molar-refractivity contribution in [1.29, 1.82) is 0 Å². The molecule has 24 heavy (non-hydrogen) atoms. The molecule has 8 heteroatoms. The fraction of sp³-hybridized carbons (Fsp3) is 0.125. The van der Waals surface area contributed by atoms with Crippen molar-refractivity contribution >= 4 is 51.3 Å². The van der Waals surface area contributed by atoms with Crippen LogP contribution in [0.15, 0.2) is 46.0 Å². The summed E-state index contributed by atoms with van der Waals surface area (Å²) in [5.41, 5.74) is 3.11. The van der Waals surface area contributed by atoms with Gasteiger partial charge in [-0.2, -0.15) is 5.10 Å². The Morgan fingerprint density at radius 3 is 2.75 bits per heavy atom. The Kier molecular flexibility index (Phi) is 6.90. The summed E-state index contributed by atoms with van der Waals surface area (Å²) in [5, 5.41) is 4.93. The van der Waals surface area contributed by atoms with Gasteiger partial charge in [0.1, 0.15) is 11.5 Å². The van der Waals surface area contributed by atoms with Gasteiger partial charge >= 0.3 is 0 Å². The van der Waals surface area contributed by atoms with Crippen LogP contribution in [-0.4, -0.2) is 25.8 Å². The number of hydrazone groups is 1. The summed E-state index contributed by atoms with van der Waals surface area (Å²) in [6.45, 7) is -0.179. The summed E-state index contributed by atoms with van der Waals surface area (Å²) < 4.78 is 11.2. The summed E-state index contributed by atoms with van der Waals surface area (Å²) in [6.07, 6.45) is 1.48. The van der Waals surface area contributed by atoms with E-state index < -0.39 is 5.91 Å². The number of benzene rings is 2. The van der Waals surface area contributed by atoms with E-state index in [2.05, 4.69) is 26.5 Å². The van der Waals surface area contributed by atoms with Gasteiger partial charge in [-0.25, -0.2) is 5.43 Å². The second-order valence-electron chi connectivity index (χ2n) is 4.55. The number of hydrogen-bond donors (Lipinski definition) is 1. The Bertz CT molecular complexity index is 769. The number of ether oxygens (including phenoxy) is 2. The van der Waals surface area contributed by atoms with Crippen molar-refractivity contribution in [3.8, 4) is 11.5 Å². The van der Waals surface area contributed by atoms with Crippen LogP contribution in [0.2, 0.25) is 10.0 Å². The molecule has 0 fully saturated rings. The van der Waals surface area contributed by atoms with Gasteiger partial charge in [-0.1, -0.05) is 29.3 Å². The molecule has 0 bridgehead atoms. The maximum atomic E-state index is 11.7. The monoisotopic (exact) mass is 430 g/mol. The normalized spacial score (nSPS) is 10.7. The van der Waals surface area contributed by atoms with E-state index in [0.717, 1.165) is 5.56 Å². The smallest absolute Gasteiger partial charge is 0.277 e. The molecule has 5 nitrogen and oxygen atoms in total. The van der Waals surface area contributed by atoms with Gasteiger partial charge in [-0.15, -0.1) is 0 Å². The Labute approximate surface area is 157 Å². The minimum Gasteiger partial charge on any atom is -0.495 e. The van der Waals surface area contributed by atoms with Crippen LogP contribution in [0, 0.1) is 0 Å². The molecule has 2 aromatic carbocycles. The third-order valence-electron chi connectivity index (χ3n) is 2.83. The molecule has 2 rings (SSSR count). The highest BCUT2D eigenvalue weighted by atomic mass is 79.9. The standard InChI is InChI=1S/C16H13BrCl2N2O3/c1-23-15-6-10(2-4-13(15)19)8-20-21-16(22)9-24-14-5-3-11(18)7-12(14)17/h2-8H,9H2,1H3,(H,21,22)/b20-8-. The number of hydrogen-bond acceptors (Lipinski definition) is 4. The van der Waals surface area contributed by atoms with E-state index in [1.54, 1.807) is 36.4 Å². The Morgan fingerprint density at radius 1 is 1.25 bits per heavy atom. The lowest BCUT2D eigenvalue weighted by molar-refractivity contribution is -0.123. The average Bonchev–Trinajstić information content (AvgIpc) is 2.55. The molecule has 1 N–H and O–H groups in total. The summed E-state index contributed by atoms with van der Waals surface area (Å²) in [4.78, 5) is 11.7. The topological polar surface area (TPSA) is 59.9 Å². The molecule has 0 spiro atoms. The molecule has 0 saturated heterocycles. The molecule has 0 aromatic heterocycles. The van der Waals surface area contributed by atoms with Gasteiger partial charge in [0.2, 0.25) is 0 Å². The van der Waals surface area contributed by atoms with E-state index in [-0.39, 0.29) is 6.61 Å². The third-order valence-corrected chi connectivity index (χ3v) is 4.00. The van der Waals surface area contributed by atoms with Crippen molar-refractivity contribution in [3.63, 3.8) is 0 Å². The van der Waals surface area contributed by atoms with Crippen molar-refractivity contribution in [2.45, 2.75) is 0 Å². The van der Waals surface area contributed by atoms with Gasteiger partial charge in [-0.05, 0) is 51.8 Å². The first kappa shape index (κ1) is 18.6. The molecule has 0 aliphatic rings. The number of rotatable bonds is 6. The van der Waals surface area contributed by atoms with Gasteiger partial charge in [0.05, 0.1) is 22.8 Å². The zero-order chi connectivity index (χ0) is 17.5. The van der Waals surface area contributed by atoms with Crippen molar-refractivity contribution in [3.05, 3.63) is 56.5 Å². The van der Waals surface area contributed by atoms with Gasteiger partial charge in [0.25, 0.3) is 5.91 Å². The Morgan fingerprint density at radius 2 is 2.04 bits per heavy atom. The summed E-state index contributed by atoms with van der Waals surface area (Å²) in [5.74, 6) is 0.651. The van der Waals surface area contributed by atoms with E-state index in [9.17, 15) is 4.79 Å². The molecule has 0 aliphatic carbocycles. The number of halogens is 3. The fourth-order valence-corrected chi connectivity index (χ4v) is 2.70. The number of nitrogens with one attached hydrogen (secondary N) is 1. The molecule has 2 aromatic rings. The Balaban J connectivity index is 1.86. The first-order chi connectivity index (χ1) is 11.5. The van der Waals surface area contributed by atoms with E-state index in [1.165, 1.54) is 13.3 Å². The van der Waals surface area contributed by atoms with E-state index in [0.29, 0.717) is 26.0 Å². The van der Waals surface area contributed by atoms with Crippen LogP contribution in [-0.2, 0) is 4.79 Å². The average molecular weight is 432 g/mol. The fourth-order valence-electron chi connectivity index (χ4n) is 1.70. The number of amides is 1. The molecular formula is C16H13BrCl2N2O3. The van der Waals surface area contributed by atoms with Crippen molar-refractivity contribution in [2.75, 3.05) is 13.7 Å². The molecule has 0 saturated carbocycles. The predicted octanol–water partition coefficient (Wildman–Crippen LogP) is 4.29. The highest BCUT2D eigenvalue weighted by molar-refractivity contribution is 9.10. The second-order valence-corrected chi connectivity index (χ2v) is 6.25. The van der Waals surface area contributed by atoms with Gasteiger partial charge in [0.15, 0.2) is 6.61 Å². The number of nitrogens with zero attached hydrogens (tertiary/aromatic N) is 1. The lowest BCUT2D eigenvalue weighted by atomic mass is 10.2. The minimum atomic E-state index is -0.394. The summed E-state index contributed by atoms with van der Waals surface area (Å²) in [7, 11) is 1.52. The van der Waals surface area contributed by atoms with Crippen LogP contribution in [0.5, 0.6) is 11.5 Å². The van der Waals surface area contributed by atoms with E-state index in [1.807, 2.05) is 0 Å². The highest BCUT2D eigenvalue weighted by Gasteiger charge is 2.05. The summed E-state index contributed by atoms with van der Waals surface area (Å²) in [6, 6.07) is 10.2. The molecule has 0 atom stereocenters. The van der Waals surface area contributed by atoms with E-state index >= 15 is 0 Å². The summed E-state index contributed by atoms with van der Waals surface area (Å²) >= 11 is 15.1. The minimum absolute atomic E-state index is 0.179. The highest BCUT2D eigenvalue weighted by Crippen LogP contribution is 2.27. The molecular weight excluding hydrogens is 419 g/mol. The number of carbonyl (C=O) groups is 1. The zero-order valence-electron chi connectivity index (χ0n) is 12.6. The lowest BCUT2D eigenvalue weighted by Gasteiger charge is -2.07. The predicted molar refractivity (Wildman–Crippen MR) is 98.4 cm³/mol. The van der Waals surface area contributed by atoms with Crippen LogP contribution in [0.1, 0.15) is 5.56 Å². The van der Waals surface area contributed by atoms with Crippen LogP contribution >= 0.6 is 39.1 Å². The second kappa shape index (κ2) is 8.92. The first-order valence-corrected chi connectivity index (χ1v) is 8.28. The quantitative estimate of drug-likeness (QED) is 0.548. The van der Waals surface area contributed by atoms with Crippen LogP contribution in [0.4, 0.5) is 0 Å². The zero-order valence-corrected chi connectivity index (χ0v) is 15.7.